The van der Waals surface area contributed by atoms with Gasteiger partial charge in [-0.15, -0.1) is 0 Å². The van der Waals surface area contributed by atoms with Crippen LogP contribution in [0.3, 0.4) is 0 Å². The Morgan fingerprint density at radius 2 is 1.55 bits per heavy atom. The number of carbonyl (C=O) groups excluding carboxylic acids is 3. The molecule has 1 aliphatic carbocycles. The molecule has 1 atom stereocenters. The number of rotatable bonds is 4. The van der Waals surface area contributed by atoms with Gasteiger partial charge in [0, 0.05) is 22.3 Å². The third kappa shape index (κ3) is 3.67. The lowest BCUT2D eigenvalue weighted by Crippen LogP contribution is -2.31. The summed E-state index contributed by atoms with van der Waals surface area (Å²) in [5.41, 5.74) is 1.49. The maximum absolute atomic E-state index is 12.9. The van der Waals surface area contributed by atoms with Crippen LogP contribution < -0.4 is 10.1 Å². The molecule has 3 aromatic carbocycles. The minimum atomic E-state index is -0.945. The highest BCUT2D eigenvalue weighted by Gasteiger charge is 2.31. The fraction of sp³-hybridized carbons (Fsp3) is 0.0833. The number of para-hydroxylation sites is 1. The van der Waals surface area contributed by atoms with Crippen molar-refractivity contribution in [2.45, 2.75) is 13.0 Å². The molecule has 0 aliphatic heterocycles. The van der Waals surface area contributed by atoms with Crippen molar-refractivity contribution in [1.82, 2.24) is 0 Å². The van der Waals surface area contributed by atoms with Crippen molar-refractivity contribution in [2.24, 2.45) is 0 Å². The van der Waals surface area contributed by atoms with Gasteiger partial charge in [0.2, 0.25) is 0 Å². The van der Waals surface area contributed by atoms with Gasteiger partial charge in [-0.3, -0.25) is 14.4 Å². The highest BCUT2D eigenvalue weighted by molar-refractivity contribution is 6.36. The van der Waals surface area contributed by atoms with Gasteiger partial charge in [-0.25, -0.2) is 0 Å². The lowest BCUT2D eigenvalue weighted by molar-refractivity contribution is -0.122. The molecule has 0 fully saturated rings. The average Bonchev–Trinajstić information content (AvgIpc) is 2.78. The van der Waals surface area contributed by atoms with Crippen molar-refractivity contribution in [3.05, 3.63) is 93.5 Å². The lowest BCUT2D eigenvalue weighted by Gasteiger charge is -2.20. The summed E-state index contributed by atoms with van der Waals surface area (Å²) in [5.74, 6) is -0.856. The molecule has 0 unspecified atom stereocenters. The van der Waals surface area contributed by atoms with Crippen LogP contribution in [-0.2, 0) is 4.79 Å². The number of nitrogens with one attached hydrogen (secondary N) is 1. The smallest absolute Gasteiger partial charge is 0.265 e. The number of ketones is 2. The van der Waals surface area contributed by atoms with E-state index in [0.717, 1.165) is 0 Å². The number of benzene rings is 3. The summed E-state index contributed by atoms with van der Waals surface area (Å²) in [7, 11) is 0. The van der Waals surface area contributed by atoms with Crippen LogP contribution in [0.4, 0.5) is 5.69 Å². The highest BCUT2D eigenvalue weighted by Crippen LogP contribution is 2.33. The molecule has 1 amide bonds. The first-order valence-electron chi connectivity index (χ1n) is 9.39. The van der Waals surface area contributed by atoms with Crippen molar-refractivity contribution < 1.29 is 19.1 Å². The molecule has 31 heavy (non-hydrogen) atoms. The molecule has 6 nitrogen and oxygen atoms in total. The van der Waals surface area contributed by atoms with Crippen molar-refractivity contribution in [1.29, 1.82) is 5.26 Å². The first-order valence-corrected chi connectivity index (χ1v) is 9.77. The van der Waals surface area contributed by atoms with Gasteiger partial charge in [0.05, 0.1) is 16.3 Å². The number of amides is 1. The molecule has 0 aromatic heterocycles. The summed E-state index contributed by atoms with van der Waals surface area (Å²) >= 11 is 6.30. The summed E-state index contributed by atoms with van der Waals surface area (Å²) < 4.78 is 5.61. The maximum atomic E-state index is 12.9. The lowest BCUT2D eigenvalue weighted by atomic mass is 9.84. The predicted octanol–water partition coefficient (Wildman–Crippen LogP) is 4.39. The SMILES string of the molecule is C[C@H](Oc1ccccc1C#N)C(=O)Nc1cc2c(cc1Cl)C(=O)c1ccccc1C2=O. The minimum Gasteiger partial charge on any atom is -0.480 e. The van der Waals surface area contributed by atoms with Crippen LogP contribution in [0.5, 0.6) is 5.75 Å². The van der Waals surface area contributed by atoms with Gasteiger partial charge < -0.3 is 10.1 Å². The van der Waals surface area contributed by atoms with Crippen LogP contribution in [0.15, 0.2) is 60.7 Å². The van der Waals surface area contributed by atoms with E-state index in [-0.39, 0.29) is 39.2 Å². The fourth-order valence-electron chi connectivity index (χ4n) is 3.35. The Bertz CT molecular complexity index is 1290. The van der Waals surface area contributed by atoms with Crippen LogP contribution in [0.2, 0.25) is 5.02 Å². The molecule has 0 bridgehead atoms. The van der Waals surface area contributed by atoms with Crippen LogP contribution in [0.25, 0.3) is 0 Å². The van der Waals surface area contributed by atoms with E-state index >= 15 is 0 Å². The van der Waals surface area contributed by atoms with E-state index in [1.165, 1.54) is 19.1 Å². The molecule has 0 saturated heterocycles. The van der Waals surface area contributed by atoms with E-state index in [2.05, 4.69) is 5.32 Å². The number of hydrogen-bond donors (Lipinski definition) is 1. The second-order valence-corrected chi connectivity index (χ2v) is 7.35. The molecule has 152 valence electrons. The van der Waals surface area contributed by atoms with E-state index in [4.69, 9.17) is 21.6 Å². The number of carbonyl (C=O) groups is 3. The fourth-order valence-corrected chi connectivity index (χ4v) is 3.57. The second-order valence-electron chi connectivity index (χ2n) is 6.94. The minimum absolute atomic E-state index is 0.122. The van der Waals surface area contributed by atoms with Crippen LogP contribution >= 0.6 is 11.6 Å². The Labute approximate surface area is 183 Å². The van der Waals surface area contributed by atoms with E-state index in [9.17, 15) is 14.4 Å². The number of halogens is 1. The molecule has 7 heteroatoms. The van der Waals surface area contributed by atoms with E-state index in [0.29, 0.717) is 16.7 Å². The zero-order valence-corrected chi connectivity index (χ0v) is 17.1. The van der Waals surface area contributed by atoms with Crippen molar-refractivity contribution >= 4 is 34.8 Å². The molecule has 0 spiro atoms. The third-order valence-corrected chi connectivity index (χ3v) is 5.26. The molecular weight excluding hydrogens is 416 g/mol. The number of ether oxygens (including phenoxy) is 1. The monoisotopic (exact) mass is 430 g/mol. The number of hydrogen-bond acceptors (Lipinski definition) is 5. The normalized spacial score (nSPS) is 12.9. The third-order valence-electron chi connectivity index (χ3n) is 4.95. The van der Waals surface area contributed by atoms with Crippen LogP contribution in [-0.4, -0.2) is 23.6 Å². The van der Waals surface area contributed by atoms with Gasteiger partial charge in [-0.1, -0.05) is 48.0 Å². The first kappa shape index (κ1) is 20.3. The second kappa shape index (κ2) is 8.05. The predicted molar refractivity (Wildman–Crippen MR) is 115 cm³/mol. The zero-order chi connectivity index (χ0) is 22.1. The summed E-state index contributed by atoms with van der Waals surface area (Å²) in [6.45, 7) is 1.53. The quantitative estimate of drug-likeness (QED) is 0.517. The topological polar surface area (TPSA) is 96.3 Å². The highest BCUT2D eigenvalue weighted by atomic mass is 35.5. The number of fused-ring (bicyclic) bond motifs is 2. The molecule has 0 radical (unpaired) electrons. The van der Waals surface area contributed by atoms with Crippen LogP contribution in [0.1, 0.15) is 44.3 Å². The molecule has 1 N–H and O–H groups in total. The number of anilines is 1. The van der Waals surface area contributed by atoms with Gasteiger partial charge in [0.1, 0.15) is 11.8 Å². The van der Waals surface area contributed by atoms with Crippen molar-refractivity contribution in [3.8, 4) is 11.8 Å². The molecular formula is C24H15ClN2O4. The molecule has 0 heterocycles. The summed E-state index contributed by atoms with van der Waals surface area (Å²) in [6.07, 6.45) is -0.945. The van der Waals surface area contributed by atoms with Gasteiger partial charge in [0.25, 0.3) is 5.91 Å². The van der Waals surface area contributed by atoms with Gasteiger partial charge in [-0.2, -0.15) is 5.26 Å². The van der Waals surface area contributed by atoms with Gasteiger partial charge in [-0.05, 0) is 31.2 Å². The van der Waals surface area contributed by atoms with Gasteiger partial charge in [0.15, 0.2) is 17.7 Å². The number of nitrogens with zero attached hydrogens (tertiary/aromatic N) is 1. The Kier molecular flexibility index (Phi) is 5.28. The van der Waals surface area contributed by atoms with Gasteiger partial charge >= 0.3 is 0 Å². The molecule has 3 aromatic rings. The van der Waals surface area contributed by atoms with Crippen molar-refractivity contribution in [3.63, 3.8) is 0 Å². The Morgan fingerprint density at radius 1 is 0.968 bits per heavy atom. The number of nitriles is 1. The Hall–Kier alpha value is -3.95. The standard InChI is InChI=1S/C24H15ClN2O4/c1-13(31-21-9-5-2-6-14(21)12-26)24(30)27-20-11-18-17(10-19(20)25)22(28)15-7-3-4-8-16(15)23(18)29/h2-11,13H,1H3,(H,27,30)/t13-/m0/s1. The van der Waals surface area contributed by atoms with E-state index in [1.54, 1.807) is 48.5 Å². The summed E-state index contributed by atoms with van der Waals surface area (Å²) in [4.78, 5) is 38.3. The molecule has 1 aliphatic rings. The molecule has 4 rings (SSSR count). The Balaban J connectivity index is 1.60. The van der Waals surface area contributed by atoms with E-state index in [1.807, 2.05) is 6.07 Å². The van der Waals surface area contributed by atoms with Crippen LogP contribution in [0, 0.1) is 11.3 Å². The summed E-state index contributed by atoms with van der Waals surface area (Å²) in [6, 6.07) is 17.9. The largest absolute Gasteiger partial charge is 0.480 e. The molecule has 0 saturated carbocycles. The van der Waals surface area contributed by atoms with Crippen molar-refractivity contribution in [2.75, 3.05) is 5.32 Å². The zero-order valence-electron chi connectivity index (χ0n) is 16.3. The van der Waals surface area contributed by atoms with E-state index < -0.39 is 12.0 Å². The Morgan fingerprint density at radius 3 is 2.19 bits per heavy atom. The summed E-state index contributed by atoms with van der Waals surface area (Å²) in [5, 5.41) is 11.9. The maximum Gasteiger partial charge on any atom is 0.265 e. The average molecular weight is 431 g/mol. The first-order chi connectivity index (χ1) is 14.9.